The fraction of sp³-hybridized carbons (Fsp3) is 0.231. The Kier molecular flexibility index (Phi) is 3.28. The quantitative estimate of drug-likeness (QED) is 0.867. The molecule has 2 heterocycles. The van der Waals surface area contributed by atoms with Crippen LogP contribution < -0.4 is 0 Å². The number of hydrogen-bond donors (Lipinski definition) is 1. The van der Waals surface area contributed by atoms with Crippen molar-refractivity contribution in [2.24, 2.45) is 0 Å². The number of aliphatic carboxylic acids is 1. The van der Waals surface area contributed by atoms with Crippen LogP contribution in [-0.2, 0) is 9.59 Å². The standard InChI is InChI=1S/C13H11NO3S2/c15-10-6-11-14(10)7-9(12(16)17)13(19-11)18-8-4-2-1-3-5-8/h1-5,7,11,13H,6H2,(H,16,17)/t11-,13?/m1/s1. The first kappa shape index (κ1) is 12.6. The SMILES string of the molecule is O=C(O)C1=CN2C(=O)C[C@H]2SC1Sc1ccccc1. The predicted octanol–water partition coefficient (Wildman–Crippen LogP) is 2.38. The Balaban J connectivity index is 1.84. The lowest BCUT2D eigenvalue weighted by Crippen LogP contribution is -2.50. The van der Waals surface area contributed by atoms with E-state index in [0.717, 1.165) is 4.90 Å². The molecular weight excluding hydrogens is 282 g/mol. The van der Waals surface area contributed by atoms with Crippen LogP contribution in [0, 0.1) is 0 Å². The van der Waals surface area contributed by atoms with Crippen LogP contribution in [0.3, 0.4) is 0 Å². The van der Waals surface area contributed by atoms with Crippen molar-refractivity contribution in [3.63, 3.8) is 0 Å². The second-order valence-electron chi connectivity index (χ2n) is 4.25. The van der Waals surface area contributed by atoms with Gasteiger partial charge in [-0.3, -0.25) is 4.79 Å². The van der Waals surface area contributed by atoms with Gasteiger partial charge in [0.25, 0.3) is 0 Å². The van der Waals surface area contributed by atoms with Gasteiger partial charge in [0.1, 0.15) is 0 Å². The summed E-state index contributed by atoms with van der Waals surface area (Å²) in [5.74, 6) is -0.960. The largest absolute Gasteiger partial charge is 0.478 e. The molecule has 3 rings (SSSR count). The number of fused-ring (bicyclic) bond motifs is 1. The highest BCUT2D eigenvalue weighted by molar-refractivity contribution is 8.17. The van der Waals surface area contributed by atoms with E-state index < -0.39 is 5.97 Å². The maximum absolute atomic E-state index is 11.4. The third-order valence-corrected chi connectivity index (χ3v) is 5.84. The van der Waals surface area contributed by atoms with Crippen LogP contribution >= 0.6 is 23.5 Å². The minimum atomic E-state index is -0.959. The Morgan fingerprint density at radius 3 is 2.74 bits per heavy atom. The van der Waals surface area contributed by atoms with Crippen LogP contribution in [0.5, 0.6) is 0 Å². The molecule has 1 saturated heterocycles. The van der Waals surface area contributed by atoms with Gasteiger partial charge >= 0.3 is 5.97 Å². The lowest BCUT2D eigenvalue weighted by molar-refractivity contribution is -0.137. The smallest absolute Gasteiger partial charge is 0.335 e. The molecule has 0 aliphatic carbocycles. The molecule has 98 valence electrons. The fourth-order valence-electron chi connectivity index (χ4n) is 1.97. The van der Waals surface area contributed by atoms with E-state index in [2.05, 4.69) is 0 Å². The Labute approximate surface area is 118 Å². The third-order valence-electron chi connectivity index (χ3n) is 2.99. The summed E-state index contributed by atoms with van der Waals surface area (Å²) in [4.78, 5) is 25.2. The van der Waals surface area contributed by atoms with Crippen LogP contribution in [0.15, 0.2) is 47.0 Å². The molecule has 2 aliphatic heterocycles. The number of carboxylic acid groups (broad SMARTS) is 1. The second-order valence-corrected chi connectivity index (χ2v) is 7.01. The number of rotatable bonds is 3. The zero-order valence-electron chi connectivity index (χ0n) is 9.85. The molecule has 1 unspecified atom stereocenters. The molecule has 4 nitrogen and oxygen atoms in total. The van der Waals surface area contributed by atoms with Crippen molar-refractivity contribution in [1.82, 2.24) is 4.90 Å². The lowest BCUT2D eigenvalue weighted by Gasteiger charge is -2.43. The van der Waals surface area contributed by atoms with Crippen molar-refractivity contribution >= 4 is 35.4 Å². The summed E-state index contributed by atoms with van der Waals surface area (Å²) in [5, 5.41) is 9.36. The van der Waals surface area contributed by atoms with Gasteiger partial charge in [0.05, 0.1) is 21.9 Å². The van der Waals surface area contributed by atoms with Crippen LogP contribution in [0.2, 0.25) is 0 Å². The average molecular weight is 293 g/mol. The van der Waals surface area contributed by atoms with Gasteiger partial charge < -0.3 is 10.0 Å². The molecule has 6 heteroatoms. The fourth-order valence-corrected chi connectivity index (χ4v) is 4.90. The molecule has 1 aromatic carbocycles. The third kappa shape index (κ3) is 2.37. The van der Waals surface area contributed by atoms with Crippen molar-refractivity contribution in [2.75, 3.05) is 0 Å². The van der Waals surface area contributed by atoms with E-state index in [4.69, 9.17) is 0 Å². The molecule has 0 spiro atoms. The van der Waals surface area contributed by atoms with E-state index >= 15 is 0 Å². The molecule has 0 aromatic heterocycles. The van der Waals surface area contributed by atoms with Gasteiger partial charge in [-0.05, 0) is 12.1 Å². The summed E-state index contributed by atoms with van der Waals surface area (Å²) >= 11 is 3.05. The van der Waals surface area contributed by atoms with Crippen molar-refractivity contribution in [1.29, 1.82) is 0 Å². The van der Waals surface area contributed by atoms with Crippen molar-refractivity contribution < 1.29 is 14.7 Å². The van der Waals surface area contributed by atoms with Crippen molar-refractivity contribution in [2.45, 2.75) is 21.3 Å². The number of thioether (sulfide) groups is 2. The van der Waals surface area contributed by atoms with Gasteiger partial charge in [0, 0.05) is 11.1 Å². The monoisotopic (exact) mass is 293 g/mol. The Hall–Kier alpha value is -1.40. The van der Waals surface area contributed by atoms with E-state index in [-0.39, 0.29) is 21.4 Å². The number of benzene rings is 1. The number of nitrogens with zero attached hydrogens (tertiary/aromatic N) is 1. The number of carboxylic acids is 1. The summed E-state index contributed by atoms with van der Waals surface area (Å²) < 4.78 is -0.172. The lowest BCUT2D eigenvalue weighted by atomic mass is 10.2. The first-order valence-corrected chi connectivity index (χ1v) is 7.61. The number of β-lactam (4-membered cyclic amide) rings is 1. The molecule has 1 fully saturated rings. The minimum Gasteiger partial charge on any atom is -0.478 e. The molecule has 1 amide bonds. The van der Waals surface area contributed by atoms with Gasteiger partial charge in [0.15, 0.2) is 0 Å². The minimum absolute atomic E-state index is 0.000545. The summed E-state index contributed by atoms with van der Waals surface area (Å²) in [6, 6.07) is 9.71. The van der Waals surface area contributed by atoms with E-state index in [1.165, 1.54) is 34.6 Å². The van der Waals surface area contributed by atoms with Gasteiger partial charge in [0.2, 0.25) is 5.91 Å². The van der Waals surface area contributed by atoms with Crippen LogP contribution in [0.4, 0.5) is 0 Å². The van der Waals surface area contributed by atoms with Crippen LogP contribution in [-0.4, -0.2) is 31.8 Å². The molecule has 1 N–H and O–H groups in total. The molecule has 0 radical (unpaired) electrons. The Morgan fingerprint density at radius 1 is 1.37 bits per heavy atom. The Bertz CT molecular complexity index is 558. The van der Waals surface area contributed by atoms with Gasteiger partial charge in [-0.2, -0.15) is 0 Å². The van der Waals surface area contributed by atoms with Crippen molar-refractivity contribution in [3.05, 3.63) is 42.1 Å². The van der Waals surface area contributed by atoms with Crippen LogP contribution in [0.25, 0.3) is 0 Å². The highest BCUT2D eigenvalue weighted by Crippen LogP contribution is 2.46. The average Bonchev–Trinajstić information content (AvgIpc) is 2.38. The zero-order valence-corrected chi connectivity index (χ0v) is 11.5. The number of carbonyl (C=O) groups excluding carboxylic acids is 1. The zero-order chi connectivity index (χ0) is 13.4. The first-order chi connectivity index (χ1) is 9.15. The van der Waals surface area contributed by atoms with E-state index in [1.54, 1.807) is 0 Å². The van der Waals surface area contributed by atoms with Gasteiger partial charge in [-0.1, -0.05) is 18.2 Å². The predicted molar refractivity (Wildman–Crippen MR) is 74.6 cm³/mol. The van der Waals surface area contributed by atoms with Gasteiger partial charge in [-0.25, -0.2) is 4.79 Å². The number of hydrogen-bond acceptors (Lipinski definition) is 4. The molecule has 1 aromatic rings. The highest BCUT2D eigenvalue weighted by atomic mass is 32.2. The van der Waals surface area contributed by atoms with Crippen LogP contribution in [0.1, 0.15) is 6.42 Å². The molecule has 0 saturated carbocycles. The van der Waals surface area contributed by atoms with E-state index in [1.807, 2.05) is 30.3 Å². The number of carbonyl (C=O) groups is 2. The van der Waals surface area contributed by atoms with Crippen molar-refractivity contribution in [3.8, 4) is 0 Å². The topological polar surface area (TPSA) is 57.6 Å². The second kappa shape index (κ2) is 4.94. The maximum atomic E-state index is 11.4. The molecule has 2 aliphatic rings. The Morgan fingerprint density at radius 2 is 2.11 bits per heavy atom. The summed E-state index contributed by atoms with van der Waals surface area (Å²) in [5.41, 5.74) is 0.281. The summed E-state index contributed by atoms with van der Waals surface area (Å²) in [6.45, 7) is 0. The van der Waals surface area contributed by atoms with Gasteiger partial charge in [-0.15, -0.1) is 23.5 Å². The maximum Gasteiger partial charge on any atom is 0.335 e. The van der Waals surface area contributed by atoms with E-state index in [9.17, 15) is 14.7 Å². The van der Waals surface area contributed by atoms with E-state index in [0.29, 0.717) is 6.42 Å². The highest BCUT2D eigenvalue weighted by Gasteiger charge is 2.43. The summed E-state index contributed by atoms with van der Waals surface area (Å²) in [6.07, 6.45) is 2.00. The molecule has 19 heavy (non-hydrogen) atoms. The first-order valence-electron chi connectivity index (χ1n) is 5.78. The molecular formula is C13H11NO3S2. The number of amides is 1. The summed E-state index contributed by atoms with van der Waals surface area (Å²) in [7, 11) is 0. The molecule has 2 atom stereocenters. The molecule has 0 bridgehead atoms. The normalized spacial score (nSPS) is 25.4.